The molecule has 2 heteroatoms. The first-order chi connectivity index (χ1) is 11.5. The minimum atomic E-state index is 0.163. The molecule has 2 unspecified atom stereocenters. The summed E-state index contributed by atoms with van der Waals surface area (Å²) >= 11 is 0. The summed E-state index contributed by atoms with van der Waals surface area (Å²) in [6.07, 6.45) is 6.35. The van der Waals surface area contributed by atoms with Crippen LogP contribution in [0.1, 0.15) is 84.7 Å². The third-order valence-electron chi connectivity index (χ3n) is 6.66. The van der Waals surface area contributed by atoms with Gasteiger partial charge in [0.05, 0.1) is 6.04 Å². The molecule has 0 radical (unpaired) electrons. The van der Waals surface area contributed by atoms with Crippen LogP contribution in [0.3, 0.4) is 0 Å². The van der Waals surface area contributed by atoms with Crippen LogP contribution in [0.2, 0.25) is 0 Å². The summed E-state index contributed by atoms with van der Waals surface area (Å²) in [5, 5.41) is 0. The lowest BCUT2D eigenvalue weighted by molar-refractivity contribution is -0.144. The zero-order valence-electron chi connectivity index (χ0n) is 16.2. The van der Waals surface area contributed by atoms with Crippen LogP contribution in [0.5, 0.6) is 0 Å². The summed E-state index contributed by atoms with van der Waals surface area (Å²) in [5.41, 5.74) is 1.45. The van der Waals surface area contributed by atoms with E-state index >= 15 is 0 Å². The first-order valence-corrected chi connectivity index (χ1v) is 9.81. The van der Waals surface area contributed by atoms with Gasteiger partial charge in [-0.2, -0.15) is 0 Å². The number of nitrogens with zero attached hydrogens (tertiary/aromatic N) is 1. The Morgan fingerprint density at radius 1 is 1.21 bits per heavy atom. The standard InChI is InChI=1S/C22H35NO/c1-6-12-17(3)22(5,7-2)18(4)23-20(15-11-16-21(23)24)19-13-9-8-10-14-19/h8-10,13-14,17-18,20H,6-7,11-12,15-16H2,1-5H3/t17-,18?,20+,22?/m0/s1. The van der Waals surface area contributed by atoms with E-state index in [2.05, 4.69) is 69.9 Å². The summed E-state index contributed by atoms with van der Waals surface area (Å²) in [4.78, 5) is 15.1. The van der Waals surface area contributed by atoms with E-state index < -0.39 is 0 Å². The molecule has 1 heterocycles. The molecule has 1 aromatic rings. The van der Waals surface area contributed by atoms with Crippen molar-refractivity contribution < 1.29 is 4.79 Å². The van der Waals surface area contributed by atoms with Crippen LogP contribution in [-0.4, -0.2) is 16.8 Å². The SMILES string of the molecule is CCC[C@H](C)C(C)(CC)C(C)N1C(=O)CCC[C@@H]1c1ccccc1. The fourth-order valence-electron chi connectivity index (χ4n) is 4.51. The second kappa shape index (κ2) is 8.18. The van der Waals surface area contributed by atoms with Crippen LogP contribution in [0, 0.1) is 11.3 Å². The molecule has 1 aliphatic rings. The molecule has 1 aliphatic heterocycles. The number of benzene rings is 1. The molecule has 4 atom stereocenters. The van der Waals surface area contributed by atoms with Gasteiger partial charge in [-0.3, -0.25) is 4.79 Å². The molecule has 0 N–H and O–H groups in total. The van der Waals surface area contributed by atoms with Gasteiger partial charge in [0.1, 0.15) is 0 Å². The Kier molecular flexibility index (Phi) is 6.48. The number of amides is 1. The van der Waals surface area contributed by atoms with Crippen LogP contribution < -0.4 is 0 Å². The molecule has 0 spiro atoms. The van der Waals surface area contributed by atoms with Crippen LogP contribution in [-0.2, 0) is 4.79 Å². The van der Waals surface area contributed by atoms with Gasteiger partial charge in [0.2, 0.25) is 5.91 Å². The fourth-order valence-corrected chi connectivity index (χ4v) is 4.51. The number of hydrogen-bond donors (Lipinski definition) is 0. The van der Waals surface area contributed by atoms with Gasteiger partial charge in [0.15, 0.2) is 0 Å². The maximum Gasteiger partial charge on any atom is 0.223 e. The second-order valence-corrected chi connectivity index (χ2v) is 7.84. The van der Waals surface area contributed by atoms with E-state index in [0.717, 1.165) is 19.3 Å². The molecule has 1 fully saturated rings. The van der Waals surface area contributed by atoms with Crippen LogP contribution >= 0.6 is 0 Å². The minimum Gasteiger partial charge on any atom is -0.332 e. The zero-order chi connectivity index (χ0) is 17.7. The van der Waals surface area contributed by atoms with Gasteiger partial charge in [-0.25, -0.2) is 0 Å². The number of rotatable bonds is 7. The minimum absolute atomic E-state index is 0.163. The Bertz CT molecular complexity index is 526. The van der Waals surface area contributed by atoms with Crippen molar-refractivity contribution in [2.75, 3.05) is 0 Å². The van der Waals surface area contributed by atoms with E-state index in [0.29, 0.717) is 18.2 Å². The smallest absolute Gasteiger partial charge is 0.223 e. The van der Waals surface area contributed by atoms with Crippen molar-refractivity contribution in [1.29, 1.82) is 0 Å². The van der Waals surface area contributed by atoms with Crippen molar-refractivity contribution in [3.05, 3.63) is 35.9 Å². The third kappa shape index (κ3) is 3.68. The summed E-state index contributed by atoms with van der Waals surface area (Å²) < 4.78 is 0. The van der Waals surface area contributed by atoms with Crippen LogP contribution in [0.4, 0.5) is 0 Å². The lowest BCUT2D eigenvalue weighted by Gasteiger charge is -2.50. The molecule has 134 valence electrons. The fraction of sp³-hybridized carbons (Fsp3) is 0.682. The Hall–Kier alpha value is -1.31. The highest BCUT2D eigenvalue weighted by Crippen LogP contribution is 2.44. The first-order valence-electron chi connectivity index (χ1n) is 9.81. The highest BCUT2D eigenvalue weighted by atomic mass is 16.2. The van der Waals surface area contributed by atoms with Gasteiger partial charge in [0.25, 0.3) is 0 Å². The predicted molar refractivity (Wildman–Crippen MR) is 102 cm³/mol. The summed E-state index contributed by atoms with van der Waals surface area (Å²) in [6, 6.07) is 11.1. The van der Waals surface area contributed by atoms with Crippen LogP contribution in [0.25, 0.3) is 0 Å². The van der Waals surface area contributed by atoms with Gasteiger partial charge in [0, 0.05) is 12.5 Å². The van der Waals surface area contributed by atoms with Crippen LogP contribution in [0.15, 0.2) is 30.3 Å². The number of carbonyl (C=O) groups excluding carboxylic acids is 1. The quantitative estimate of drug-likeness (QED) is 0.602. The largest absolute Gasteiger partial charge is 0.332 e. The van der Waals surface area contributed by atoms with E-state index in [4.69, 9.17) is 0 Å². The number of carbonyl (C=O) groups is 1. The molecular weight excluding hydrogens is 294 g/mol. The van der Waals surface area contributed by atoms with E-state index in [-0.39, 0.29) is 17.5 Å². The molecule has 24 heavy (non-hydrogen) atoms. The van der Waals surface area contributed by atoms with E-state index in [1.54, 1.807) is 0 Å². The first kappa shape index (κ1) is 19.0. The van der Waals surface area contributed by atoms with E-state index in [1.165, 1.54) is 18.4 Å². The van der Waals surface area contributed by atoms with Crippen molar-refractivity contribution in [2.24, 2.45) is 11.3 Å². The van der Waals surface area contributed by atoms with Gasteiger partial charge >= 0.3 is 0 Å². The Labute approximate surface area is 148 Å². The highest BCUT2D eigenvalue weighted by Gasteiger charge is 2.43. The number of likely N-dealkylation sites (tertiary alicyclic amines) is 1. The highest BCUT2D eigenvalue weighted by molar-refractivity contribution is 5.78. The van der Waals surface area contributed by atoms with E-state index in [1.807, 2.05) is 0 Å². The molecular formula is C22H35NO. The predicted octanol–water partition coefficient (Wildman–Crippen LogP) is 5.98. The topological polar surface area (TPSA) is 20.3 Å². The van der Waals surface area contributed by atoms with Crippen molar-refractivity contribution in [1.82, 2.24) is 4.90 Å². The molecule has 1 aromatic carbocycles. The molecule has 1 amide bonds. The maximum atomic E-state index is 12.9. The molecule has 0 saturated carbocycles. The number of hydrogen-bond acceptors (Lipinski definition) is 1. The van der Waals surface area contributed by atoms with Gasteiger partial charge < -0.3 is 4.90 Å². The summed E-state index contributed by atoms with van der Waals surface area (Å²) in [6.45, 7) is 11.6. The molecule has 0 bridgehead atoms. The third-order valence-corrected chi connectivity index (χ3v) is 6.66. The summed E-state index contributed by atoms with van der Waals surface area (Å²) in [5.74, 6) is 0.958. The van der Waals surface area contributed by atoms with Crippen molar-refractivity contribution in [2.45, 2.75) is 85.2 Å². The Morgan fingerprint density at radius 3 is 2.46 bits per heavy atom. The Morgan fingerprint density at radius 2 is 1.88 bits per heavy atom. The normalized spacial score (nSPS) is 23.6. The van der Waals surface area contributed by atoms with Crippen molar-refractivity contribution >= 4 is 5.91 Å². The van der Waals surface area contributed by atoms with Gasteiger partial charge in [-0.05, 0) is 43.1 Å². The van der Waals surface area contributed by atoms with E-state index in [9.17, 15) is 4.79 Å². The molecule has 0 aromatic heterocycles. The van der Waals surface area contributed by atoms with Gasteiger partial charge in [-0.1, -0.05) is 70.9 Å². The molecule has 0 aliphatic carbocycles. The average Bonchev–Trinajstić information content (AvgIpc) is 2.61. The number of piperidine rings is 1. The maximum absolute atomic E-state index is 12.9. The van der Waals surface area contributed by atoms with Crippen molar-refractivity contribution in [3.63, 3.8) is 0 Å². The average molecular weight is 330 g/mol. The van der Waals surface area contributed by atoms with Crippen molar-refractivity contribution in [3.8, 4) is 0 Å². The lowest BCUT2D eigenvalue weighted by atomic mass is 9.68. The lowest BCUT2D eigenvalue weighted by Crippen LogP contribution is -2.52. The zero-order valence-corrected chi connectivity index (χ0v) is 16.2. The summed E-state index contributed by atoms with van der Waals surface area (Å²) in [7, 11) is 0. The van der Waals surface area contributed by atoms with Gasteiger partial charge in [-0.15, -0.1) is 0 Å². The molecule has 2 rings (SSSR count). The molecule has 1 saturated heterocycles. The Balaban J connectivity index is 2.34. The second-order valence-electron chi connectivity index (χ2n) is 7.84. The molecule has 2 nitrogen and oxygen atoms in total. The monoisotopic (exact) mass is 329 g/mol.